The molecule has 10 nitrogen and oxygen atoms in total. The van der Waals surface area contributed by atoms with Crippen LogP contribution in [0.15, 0.2) is 16.8 Å². The topological polar surface area (TPSA) is 141 Å². The van der Waals surface area contributed by atoms with Gasteiger partial charge >= 0.3 is 11.7 Å². The molecule has 3 rings (SSSR count). The largest absolute Gasteiger partial charge is 0.479 e. The number of aromatic nitrogens is 2. The number of hydrogen-bond donors (Lipinski definition) is 2. The molecule has 0 saturated carbocycles. The Balaban J connectivity index is 2.06. The Morgan fingerprint density at radius 1 is 1.43 bits per heavy atom. The van der Waals surface area contributed by atoms with Gasteiger partial charge in [0.1, 0.15) is 0 Å². The van der Waals surface area contributed by atoms with Gasteiger partial charge in [0.15, 0.2) is 11.1 Å². The molecule has 0 radical (unpaired) electrons. The lowest BCUT2D eigenvalue weighted by Gasteiger charge is -2.24. The number of nitro groups is 1. The van der Waals surface area contributed by atoms with Gasteiger partial charge in [-0.2, -0.15) is 0 Å². The van der Waals surface area contributed by atoms with E-state index in [1.165, 1.54) is 12.1 Å². The van der Waals surface area contributed by atoms with Gasteiger partial charge in [0.2, 0.25) is 5.52 Å². The molecule has 1 aliphatic rings. The first-order valence-electron chi connectivity index (χ1n) is 6.02. The van der Waals surface area contributed by atoms with Gasteiger partial charge in [-0.25, -0.2) is 9.42 Å². The lowest BCUT2D eigenvalue weighted by Crippen LogP contribution is -2.47. The second-order valence-electron chi connectivity index (χ2n) is 4.67. The number of ether oxygens (including phenoxy) is 1. The molecule has 0 bridgehead atoms. The third-order valence-electron chi connectivity index (χ3n) is 3.40. The van der Waals surface area contributed by atoms with E-state index in [1.807, 2.05) is 0 Å². The molecule has 1 atom stereocenters. The zero-order valence-corrected chi connectivity index (χ0v) is 10.6. The fraction of sp³-hybridized carbons (Fsp3) is 0.364. The number of non-ortho nitro benzene ring substituents is 1. The number of carbonyl (C=O) groups is 1. The highest BCUT2D eigenvalue weighted by molar-refractivity contribution is 5.95. The summed E-state index contributed by atoms with van der Waals surface area (Å²) in [5.74, 6) is -1.07. The van der Waals surface area contributed by atoms with Gasteiger partial charge in [-0.05, 0) is 16.4 Å². The monoisotopic (exact) mass is 294 g/mol. The molecule has 2 heterocycles. The molecule has 110 valence electrons. The maximum Gasteiger partial charge on any atom is 0.331 e. The lowest BCUT2D eigenvalue weighted by atomic mass is 9.98. The van der Waals surface area contributed by atoms with E-state index < -0.39 is 16.4 Å². The predicted molar refractivity (Wildman–Crippen MR) is 67.9 cm³/mol. The van der Waals surface area contributed by atoms with Gasteiger partial charge < -0.3 is 15.2 Å². The Hall–Kier alpha value is -2.75. The number of aliphatic carboxylic acids is 1. The molecule has 1 aliphatic heterocycles. The van der Waals surface area contributed by atoms with Gasteiger partial charge in [0.05, 0.1) is 17.2 Å². The maximum absolute atomic E-state index is 11.5. The molecule has 0 aliphatic carbocycles. The summed E-state index contributed by atoms with van der Waals surface area (Å²) in [5, 5.41) is 30.2. The third kappa shape index (κ3) is 2.05. The van der Waals surface area contributed by atoms with Crippen LogP contribution in [0.3, 0.4) is 0 Å². The van der Waals surface area contributed by atoms with E-state index in [9.17, 15) is 20.0 Å². The standard InChI is InChI=1S/C11H10N4O6/c16-10(17)11(3-4-20-5-11)12-6-1-2-7(15(18)19)9-8(6)13-21-14-9/h1-2,12H,3-5H2,(H,16,17). The van der Waals surface area contributed by atoms with Crippen molar-refractivity contribution < 1.29 is 24.2 Å². The molecule has 2 aromatic rings. The third-order valence-corrected chi connectivity index (χ3v) is 3.40. The zero-order chi connectivity index (χ0) is 15.0. The predicted octanol–water partition coefficient (Wildman–Crippen LogP) is 0.787. The van der Waals surface area contributed by atoms with Gasteiger partial charge in [-0.1, -0.05) is 0 Å². The molecule has 0 amide bonds. The zero-order valence-electron chi connectivity index (χ0n) is 10.6. The van der Waals surface area contributed by atoms with Crippen LogP contribution in [-0.4, -0.2) is 45.1 Å². The summed E-state index contributed by atoms with van der Waals surface area (Å²) < 4.78 is 9.67. The lowest BCUT2D eigenvalue weighted by molar-refractivity contribution is -0.383. The number of rotatable bonds is 4. The summed E-state index contributed by atoms with van der Waals surface area (Å²) >= 11 is 0. The Labute approximate surface area is 116 Å². The van der Waals surface area contributed by atoms with Crippen LogP contribution in [-0.2, 0) is 9.53 Å². The summed E-state index contributed by atoms with van der Waals surface area (Å²) in [6, 6.07) is 2.61. The van der Waals surface area contributed by atoms with Crippen molar-refractivity contribution in [3.05, 3.63) is 22.2 Å². The Morgan fingerprint density at radius 3 is 2.81 bits per heavy atom. The average Bonchev–Trinajstić information content (AvgIpc) is 3.07. The molecule has 1 unspecified atom stereocenters. The Bertz CT molecular complexity index is 721. The minimum atomic E-state index is -1.29. The van der Waals surface area contributed by atoms with Crippen LogP contribution in [0.2, 0.25) is 0 Å². The van der Waals surface area contributed by atoms with E-state index in [2.05, 4.69) is 20.3 Å². The van der Waals surface area contributed by atoms with Gasteiger partial charge in [-0.15, -0.1) is 0 Å². The summed E-state index contributed by atoms with van der Waals surface area (Å²) in [6.45, 7) is 0.304. The molecule has 1 aromatic carbocycles. The number of benzene rings is 1. The molecule has 10 heteroatoms. The summed E-state index contributed by atoms with van der Waals surface area (Å²) in [4.78, 5) is 21.8. The fourth-order valence-electron chi connectivity index (χ4n) is 2.25. The number of nitrogens with zero attached hydrogens (tertiary/aromatic N) is 3. The number of carboxylic acids is 1. The molecular weight excluding hydrogens is 284 g/mol. The van der Waals surface area contributed by atoms with Gasteiger partial charge in [0, 0.05) is 19.1 Å². The number of anilines is 1. The summed E-state index contributed by atoms with van der Waals surface area (Å²) in [6.07, 6.45) is 0.270. The summed E-state index contributed by atoms with van der Waals surface area (Å²) in [5.41, 5.74) is -1.18. The van der Waals surface area contributed by atoms with Crippen molar-refractivity contribution in [1.29, 1.82) is 0 Å². The smallest absolute Gasteiger partial charge is 0.331 e. The number of carboxylic acid groups (broad SMARTS) is 1. The van der Waals surface area contributed by atoms with E-state index in [1.54, 1.807) is 0 Å². The van der Waals surface area contributed by atoms with Crippen LogP contribution in [0, 0.1) is 10.1 Å². The van der Waals surface area contributed by atoms with Crippen molar-refractivity contribution in [2.24, 2.45) is 0 Å². The van der Waals surface area contributed by atoms with Crippen molar-refractivity contribution >= 4 is 28.4 Å². The molecule has 21 heavy (non-hydrogen) atoms. The van der Waals surface area contributed by atoms with Gasteiger partial charge in [0.25, 0.3) is 0 Å². The van der Waals surface area contributed by atoms with Crippen LogP contribution in [0.1, 0.15) is 6.42 Å². The number of fused-ring (bicyclic) bond motifs is 1. The molecule has 1 saturated heterocycles. The van der Waals surface area contributed by atoms with Crippen LogP contribution in [0.25, 0.3) is 11.0 Å². The number of nitrogens with one attached hydrogen (secondary N) is 1. The van der Waals surface area contributed by atoms with E-state index >= 15 is 0 Å². The van der Waals surface area contributed by atoms with Crippen LogP contribution >= 0.6 is 0 Å². The van der Waals surface area contributed by atoms with Crippen LogP contribution < -0.4 is 5.32 Å². The maximum atomic E-state index is 11.5. The molecule has 1 aromatic heterocycles. The van der Waals surface area contributed by atoms with E-state index in [0.717, 1.165) is 0 Å². The highest BCUT2D eigenvalue weighted by atomic mass is 16.6. The van der Waals surface area contributed by atoms with Crippen LogP contribution in [0.4, 0.5) is 11.4 Å². The first-order chi connectivity index (χ1) is 10.0. The fourth-order valence-corrected chi connectivity index (χ4v) is 2.25. The second kappa shape index (κ2) is 4.66. The molecule has 0 spiro atoms. The average molecular weight is 294 g/mol. The SMILES string of the molecule is O=C(O)C1(Nc2ccc([N+](=O)[O-])c3nonc23)CCOC1. The van der Waals surface area contributed by atoms with Crippen molar-refractivity contribution in [2.75, 3.05) is 18.5 Å². The number of hydrogen-bond acceptors (Lipinski definition) is 8. The Kier molecular flexibility index (Phi) is 2.94. The van der Waals surface area contributed by atoms with E-state index in [4.69, 9.17) is 4.74 Å². The highest BCUT2D eigenvalue weighted by Gasteiger charge is 2.43. The quantitative estimate of drug-likeness (QED) is 0.618. The minimum absolute atomic E-state index is 0.00784. The first-order valence-corrected chi connectivity index (χ1v) is 6.02. The van der Waals surface area contributed by atoms with Crippen molar-refractivity contribution in [3.63, 3.8) is 0 Å². The molecular formula is C11H10N4O6. The Morgan fingerprint density at radius 2 is 2.19 bits per heavy atom. The van der Waals surface area contributed by atoms with E-state index in [0.29, 0.717) is 12.3 Å². The molecule has 1 fully saturated rings. The van der Waals surface area contributed by atoms with Crippen LogP contribution in [0.5, 0.6) is 0 Å². The van der Waals surface area contributed by atoms with Crippen molar-refractivity contribution in [3.8, 4) is 0 Å². The second-order valence-corrected chi connectivity index (χ2v) is 4.67. The number of nitro benzene ring substituents is 1. The van der Waals surface area contributed by atoms with E-state index in [-0.39, 0.29) is 29.7 Å². The van der Waals surface area contributed by atoms with Crippen molar-refractivity contribution in [1.82, 2.24) is 10.3 Å². The highest BCUT2D eigenvalue weighted by Crippen LogP contribution is 2.32. The van der Waals surface area contributed by atoms with Gasteiger partial charge in [-0.3, -0.25) is 10.1 Å². The minimum Gasteiger partial charge on any atom is -0.479 e. The van der Waals surface area contributed by atoms with Crippen molar-refractivity contribution in [2.45, 2.75) is 12.0 Å². The first kappa shape index (κ1) is 13.2. The summed E-state index contributed by atoms with van der Waals surface area (Å²) in [7, 11) is 0. The normalized spacial score (nSPS) is 21.5. The molecule has 2 N–H and O–H groups in total.